The summed E-state index contributed by atoms with van der Waals surface area (Å²) in [5.41, 5.74) is 0.368. The fraction of sp³-hybridized carbons (Fsp3) is 0.273. The van der Waals surface area contributed by atoms with Gasteiger partial charge in [-0.25, -0.2) is 0 Å². The molecule has 0 radical (unpaired) electrons. The van der Waals surface area contributed by atoms with Gasteiger partial charge < -0.3 is 0 Å². The molecular weight excluding hydrogens is 160 g/mol. The molecule has 13 heavy (non-hydrogen) atoms. The number of hydrogen-bond acceptors (Lipinski definition) is 2. The van der Waals surface area contributed by atoms with Crippen LogP contribution in [0.5, 0.6) is 0 Å². The Hall–Kier alpha value is -1.80. The molecule has 2 nitrogen and oxygen atoms in total. The lowest BCUT2D eigenvalue weighted by atomic mass is 10.0. The van der Waals surface area contributed by atoms with Crippen molar-refractivity contribution in [3.05, 3.63) is 35.9 Å². The zero-order chi connectivity index (χ0) is 9.31. The second-order valence-corrected chi connectivity index (χ2v) is 3.36. The Morgan fingerprint density at radius 2 is 1.77 bits per heavy atom. The highest BCUT2D eigenvalue weighted by atomic mass is 14.6. The van der Waals surface area contributed by atoms with E-state index in [1.54, 1.807) is 0 Å². The van der Waals surface area contributed by atoms with Crippen LogP contribution in [0, 0.1) is 28.1 Å². The van der Waals surface area contributed by atoms with Gasteiger partial charge in [0.25, 0.3) is 0 Å². The summed E-state index contributed by atoms with van der Waals surface area (Å²) in [4.78, 5) is 0. The van der Waals surface area contributed by atoms with Crippen molar-refractivity contribution in [1.82, 2.24) is 0 Å². The molecule has 0 heterocycles. The van der Waals surface area contributed by atoms with Gasteiger partial charge in [-0.2, -0.15) is 10.5 Å². The van der Waals surface area contributed by atoms with Crippen LogP contribution < -0.4 is 0 Å². The third-order valence-electron chi connectivity index (χ3n) is 2.56. The Balaban J connectivity index is 2.27. The summed E-state index contributed by atoms with van der Waals surface area (Å²) in [5.74, 6) is 0.128. The highest BCUT2D eigenvalue weighted by Gasteiger charge is 2.56. The molecule has 1 saturated carbocycles. The summed E-state index contributed by atoms with van der Waals surface area (Å²) in [6.07, 6.45) is 0.685. The third kappa shape index (κ3) is 1.08. The van der Waals surface area contributed by atoms with Crippen LogP contribution in [0.15, 0.2) is 30.3 Å². The number of nitriles is 2. The monoisotopic (exact) mass is 168 g/mol. The number of nitrogens with zero attached hydrogens (tertiary/aromatic N) is 2. The lowest BCUT2D eigenvalue weighted by Crippen LogP contribution is -1.94. The van der Waals surface area contributed by atoms with Crippen molar-refractivity contribution in [3.8, 4) is 12.1 Å². The topological polar surface area (TPSA) is 47.6 Å². The van der Waals surface area contributed by atoms with Crippen molar-refractivity contribution in [2.45, 2.75) is 12.3 Å². The van der Waals surface area contributed by atoms with Gasteiger partial charge >= 0.3 is 0 Å². The van der Waals surface area contributed by atoms with Gasteiger partial charge in [-0.3, -0.25) is 0 Å². The van der Waals surface area contributed by atoms with Gasteiger partial charge in [-0.15, -0.1) is 0 Å². The first-order chi connectivity index (χ1) is 6.32. The van der Waals surface area contributed by atoms with Gasteiger partial charge in [0.2, 0.25) is 0 Å². The summed E-state index contributed by atoms with van der Waals surface area (Å²) in [6, 6.07) is 13.9. The zero-order valence-electron chi connectivity index (χ0n) is 7.07. The highest BCUT2D eigenvalue weighted by Crippen LogP contribution is 2.58. The molecule has 1 aliphatic carbocycles. The van der Waals surface area contributed by atoms with Crippen molar-refractivity contribution < 1.29 is 0 Å². The van der Waals surface area contributed by atoms with Crippen molar-refractivity contribution in [2.75, 3.05) is 0 Å². The molecule has 0 aliphatic heterocycles. The maximum Gasteiger partial charge on any atom is 0.151 e. The van der Waals surface area contributed by atoms with E-state index in [4.69, 9.17) is 10.5 Å². The molecule has 62 valence electrons. The highest BCUT2D eigenvalue weighted by molar-refractivity contribution is 5.40. The summed E-state index contributed by atoms with van der Waals surface area (Å²) in [6.45, 7) is 0. The van der Waals surface area contributed by atoms with Crippen LogP contribution in [0.25, 0.3) is 0 Å². The SMILES string of the molecule is N#CC1(C#N)C[C@H]1c1ccccc1. The quantitative estimate of drug-likeness (QED) is 0.645. The Labute approximate surface area is 77.0 Å². The molecule has 2 heteroatoms. The number of benzene rings is 1. The molecule has 0 bridgehead atoms. The fourth-order valence-corrected chi connectivity index (χ4v) is 1.62. The largest absolute Gasteiger partial charge is 0.197 e. The molecule has 0 spiro atoms. The summed E-state index contributed by atoms with van der Waals surface area (Å²) in [7, 11) is 0. The zero-order valence-corrected chi connectivity index (χ0v) is 7.07. The molecular formula is C11H8N2. The van der Waals surface area contributed by atoms with Gasteiger partial charge in [0.1, 0.15) is 0 Å². The van der Waals surface area contributed by atoms with Gasteiger partial charge in [0.05, 0.1) is 12.1 Å². The van der Waals surface area contributed by atoms with E-state index in [-0.39, 0.29) is 5.92 Å². The average Bonchev–Trinajstić information content (AvgIpc) is 2.95. The molecule has 0 aromatic heterocycles. The average molecular weight is 168 g/mol. The van der Waals surface area contributed by atoms with E-state index in [0.717, 1.165) is 5.56 Å². The maximum atomic E-state index is 8.82. The molecule has 2 rings (SSSR count). The molecule has 0 amide bonds. The standard InChI is InChI=1S/C11H8N2/c12-7-11(8-13)6-10(11)9-4-2-1-3-5-9/h1-5,10H,6H2/t10-/m0/s1. The molecule has 1 fully saturated rings. The van der Waals surface area contributed by atoms with Gasteiger partial charge in [-0.05, 0) is 12.0 Å². The Morgan fingerprint density at radius 3 is 2.23 bits per heavy atom. The van der Waals surface area contributed by atoms with E-state index < -0.39 is 5.41 Å². The van der Waals surface area contributed by atoms with Crippen molar-refractivity contribution in [1.29, 1.82) is 10.5 Å². The minimum Gasteiger partial charge on any atom is -0.197 e. The second-order valence-electron chi connectivity index (χ2n) is 3.36. The lowest BCUT2D eigenvalue weighted by molar-refractivity contribution is 0.841. The minimum atomic E-state index is -0.735. The van der Waals surface area contributed by atoms with Gasteiger partial charge in [0.15, 0.2) is 5.41 Å². The van der Waals surface area contributed by atoms with Crippen LogP contribution in [0.3, 0.4) is 0 Å². The van der Waals surface area contributed by atoms with E-state index in [9.17, 15) is 0 Å². The third-order valence-corrected chi connectivity index (χ3v) is 2.56. The van der Waals surface area contributed by atoms with Crippen LogP contribution in [-0.4, -0.2) is 0 Å². The van der Waals surface area contributed by atoms with Crippen LogP contribution in [0.1, 0.15) is 17.9 Å². The summed E-state index contributed by atoms with van der Waals surface area (Å²) < 4.78 is 0. The number of hydrogen-bond donors (Lipinski definition) is 0. The van der Waals surface area contributed by atoms with E-state index in [2.05, 4.69) is 12.1 Å². The van der Waals surface area contributed by atoms with Crippen molar-refractivity contribution in [2.24, 2.45) is 5.41 Å². The first-order valence-corrected chi connectivity index (χ1v) is 4.20. The van der Waals surface area contributed by atoms with Crippen LogP contribution in [0.2, 0.25) is 0 Å². The molecule has 1 atom stereocenters. The van der Waals surface area contributed by atoms with Crippen LogP contribution in [-0.2, 0) is 0 Å². The summed E-state index contributed by atoms with van der Waals surface area (Å²) >= 11 is 0. The molecule has 1 aliphatic rings. The maximum absolute atomic E-state index is 8.82. The van der Waals surface area contributed by atoms with E-state index in [1.807, 2.05) is 30.3 Å². The minimum absolute atomic E-state index is 0.128. The van der Waals surface area contributed by atoms with Gasteiger partial charge in [-0.1, -0.05) is 30.3 Å². The molecule has 1 aromatic rings. The Morgan fingerprint density at radius 1 is 1.15 bits per heavy atom. The number of rotatable bonds is 1. The molecule has 0 N–H and O–H groups in total. The van der Waals surface area contributed by atoms with Crippen molar-refractivity contribution >= 4 is 0 Å². The predicted molar refractivity (Wildman–Crippen MR) is 47.5 cm³/mol. The first kappa shape index (κ1) is 7.83. The normalized spacial score (nSPS) is 22.8. The van der Waals surface area contributed by atoms with Crippen molar-refractivity contribution in [3.63, 3.8) is 0 Å². The summed E-state index contributed by atoms with van der Waals surface area (Å²) in [5, 5.41) is 17.6. The van der Waals surface area contributed by atoms with Gasteiger partial charge in [0, 0.05) is 5.92 Å². The lowest BCUT2D eigenvalue weighted by Gasteiger charge is -1.97. The Bertz CT molecular complexity index is 380. The predicted octanol–water partition coefficient (Wildman–Crippen LogP) is 2.21. The Kier molecular flexibility index (Phi) is 1.57. The smallest absolute Gasteiger partial charge is 0.151 e. The molecule has 1 aromatic carbocycles. The molecule has 0 unspecified atom stereocenters. The van der Waals surface area contributed by atoms with E-state index in [1.165, 1.54) is 0 Å². The first-order valence-electron chi connectivity index (χ1n) is 4.20. The van der Waals surface area contributed by atoms with E-state index >= 15 is 0 Å². The van der Waals surface area contributed by atoms with E-state index in [0.29, 0.717) is 6.42 Å². The van der Waals surface area contributed by atoms with Crippen LogP contribution in [0.4, 0.5) is 0 Å². The van der Waals surface area contributed by atoms with Crippen LogP contribution >= 0.6 is 0 Å². The molecule has 0 saturated heterocycles. The second kappa shape index (κ2) is 2.61. The fourth-order valence-electron chi connectivity index (χ4n) is 1.62.